The average molecular weight is 280 g/mol. The first-order valence-corrected chi connectivity index (χ1v) is 7.79. The maximum Gasteiger partial charge on any atom is 0.0504 e. The molecule has 3 rings (SSSR count). The van der Waals surface area contributed by atoms with Gasteiger partial charge in [-0.15, -0.1) is 0 Å². The van der Waals surface area contributed by atoms with E-state index in [4.69, 9.17) is 0 Å². The Bertz CT molecular complexity index is 552. The predicted octanol–water partition coefficient (Wildman–Crippen LogP) is 3.56. The zero-order valence-corrected chi connectivity index (χ0v) is 12.9. The Morgan fingerprint density at radius 3 is 2.19 bits per heavy atom. The van der Waals surface area contributed by atoms with Gasteiger partial charge in [0, 0.05) is 25.7 Å². The van der Waals surface area contributed by atoms with E-state index in [1.807, 2.05) is 0 Å². The maximum atomic E-state index is 2.62. The van der Waals surface area contributed by atoms with Gasteiger partial charge < -0.3 is 4.90 Å². The van der Waals surface area contributed by atoms with Crippen LogP contribution in [0.15, 0.2) is 60.7 Å². The van der Waals surface area contributed by atoms with Crippen LogP contribution in [0.3, 0.4) is 0 Å². The molecule has 110 valence electrons. The van der Waals surface area contributed by atoms with E-state index in [9.17, 15) is 0 Å². The zero-order valence-electron chi connectivity index (χ0n) is 12.9. The minimum Gasteiger partial charge on any atom is -0.301 e. The molecule has 1 fully saturated rings. The van der Waals surface area contributed by atoms with Crippen LogP contribution >= 0.6 is 0 Å². The van der Waals surface area contributed by atoms with Gasteiger partial charge in [0.05, 0.1) is 6.04 Å². The minimum absolute atomic E-state index is 0.463. The molecule has 2 heteroatoms. The molecule has 0 aromatic heterocycles. The van der Waals surface area contributed by atoms with E-state index < -0.39 is 0 Å². The quantitative estimate of drug-likeness (QED) is 0.848. The molecular weight excluding hydrogens is 256 g/mol. The van der Waals surface area contributed by atoms with Crippen LogP contribution in [0.25, 0.3) is 0 Å². The van der Waals surface area contributed by atoms with Crippen LogP contribution in [0.5, 0.6) is 0 Å². The third-order valence-corrected chi connectivity index (χ3v) is 4.66. The highest BCUT2D eigenvalue weighted by Gasteiger charge is 2.32. The summed E-state index contributed by atoms with van der Waals surface area (Å²) in [6, 6.07) is 22.7. The lowest BCUT2D eigenvalue weighted by Gasteiger charge is -2.45. The van der Waals surface area contributed by atoms with E-state index in [0.29, 0.717) is 12.1 Å². The SMILES string of the molecule is CC1C(c2ccccc2)N(Cc2ccccc2)CCN1C. The topological polar surface area (TPSA) is 6.48 Å². The summed E-state index contributed by atoms with van der Waals surface area (Å²) < 4.78 is 0. The fourth-order valence-corrected chi connectivity index (χ4v) is 3.31. The molecule has 2 aromatic rings. The fraction of sp³-hybridized carbons (Fsp3) is 0.368. The van der Waals surface area contributed by atoms with Crippen molar-refractivity contribution in [2.75, 3.05) is 20.1 Å². The Morgan fingerprint density at radius 2 is 1.52 bits per heavy atom. The predicted molar refractivity (Wildman–Crippen MR) is 88.1 cm³/mol. The van der Waals surface area contributed by atoms with Gasteiger partial charge >= 0.3 is 0 Å². The lowest BCUT2D eigenvalue weighted by Crippen LogP contribution is -2.51. The molecule has 1 saturated heterocycles. The van der Waals surface area contributed by atoms with Gasteiger partial charge in [0.2, 0.25) is 0 Å². The zero-order chi connectivity index (χ0) is 14.7. The van der Waals surface area contributed by atoms with Crippen molar-refractivity contribution in [1.29, 1.82) is 0 Å². The van der Waals surface area contributed by atoms with E-state index >= 15 is 0 Å². The van der Waals surface area contributed by atoms with Crippen LogP contribution in [0.4, 0.5) is 0 Å². The number of nitrogens with zero attached hydrogens (tertiary/aromatic N) is 2. The van der Waals surface area contributed by atoms with Crippen molar-refractivity contribution in [3.8, 4) is 0 Å². The Balaban J connectivity index is 1.86. The van der Waals surface area contributed by atoms with E-state index in [0.717, 1.165) is 19.6 Å². The summed E-state index contributed by atoms with van der Waals surface area (Å²) in [5.41, 5.74) is 2.82. The second kappa shape index (κ2) is 6.42. The van der Waals surface area contributed by atoms with Crippen molar-refractivity contribution in [3.63, 3.8) is 0 Å². The van der Waals surface area contributed by atoms with Gasteiger partial charge in [0.1, 0.15) is 0 Å². The lowest BCUT2D eigenvalue weighted by atomic mass is 9.95. The summed E-state index contributed by atoms with van der Waals surface area (Å²) >= 11 is 0. The Hall–Kier alpha value is -1.64. The van der Waals surface area contributed by atoms with Crippen LogP contribution in [0, 0.1) is 0 Å². The van der Waals surface area contributed by atoms with E-state index in [-0.39, 0.29) is 0 Å². The van der Waals surface area contributed by atoms with E-state index in [1.54, 1.807) is 0 Å². The second-order valence-electron chi connectivity index (χ2n) is 6.03. The van der Waals surface area contributed by atoms with Crippen LogP contribution in [-0.2, 0) is 6.54 Å². The average Bonchev–Trinajstić information content (AvgIpc) is 2.53. The highest BCUT2D eigenvalue weighted by Crippen LogP contribution is 2.31. The van der Waals surface area contributed by atoms with Gasteiger partial charge in [-0.2, -0.15) is 0 Å². The molecule has 0 radical (unpaired) electrons. The van der Waals surface area contributed by atoms with E-state index in [2.05, 4.69) is 84.4 Å². The third kappa shape index (κ3) is 3.17. The summed E-state index contributed by atoms with van der Waals surface area (Å²) in [7, 11) is 2.24. The number of hydrogen-bond acceptors (Lipinski definition) is 2. The molecule has 0 saturated carbocycles. The molecule has 0 amide bonds. The molecular formula is C19H24N2. The lowest BCUT2D eigenvalue weighted by molar-refractivity contribution is 0.0366. The highest BCUT2D eigenvalue weighted by molar-refractivity contribution is 5.22. The molecule has 0 bridgehead atoms. The normalized spacial score (nSPS) is 24.1. The molecule has 21 heavy (non-hydrogen) atoms. The summed E-state index contributed by atoms with van der Waals surface area (Å²) in [6.07, 6.45) is 0. The molecule has 2 atom stereocenters. The molecule has 1 aliphatic heterocycles. The van der Waals surface area contributed by atoms with Crippen molar-refractivity contribution >= 4 is 0 Å². The van der Waals surface area contributed by atoms with Crippen LogP contribution in [0.1, 0.15) is 24.1 Å². The van der Waals surface area contributed by atoms with Gasteiger partial charge in [-0.05, 0) is 25.1 Å². The Labute approximate surface area is 128 Å². The number of rotatable bonds is 3. The molecule has 2 nitrogen and oxygen atoms in total. The maximum absolute atomic E-state index is 2.62. The first-order valence-electron chi connectivity index (χ1n) is 7.79. The fourth-order valence-electron chi connectivity index (χ4n) is 3.31. The number of hydrogen-bond donors (Lipinski definition) is 0. The van der Waals surface area contributed by atoms with Crippen molar-refractivity contribution in [2.45, 2.75) is 25.6 Å². The second-order valence-corrected chi connectivity index (χ2v) is 6.03. The summed E-state index contributed by atoms with van der Waals surface area (Å²) in [5.74, 6) is 0. The molecule has 1 aliphatic rings. The monoisotopic (exact) mass is 280 g/mol. The van der Waals surface area contributed by atoms with Gasteiger partial charge in [-0.1, -0.05) is 60.7 Å². The standard InChI is InChI=1S/C19H24N2/c1-16-19(18-11-7-4-8-12-18)21(14-13-20(16)2)15-17-9-5-3-6-10-17/h3-12,16,19H,13-15H2,1-2H3. The van der Waals surface area contributed by atoms with Gasteiger partial charge in [0.25, 0.3) is 0 Å². The molecule has 0 N–H and O–H groups in total. The highest BCUT2D eigenvalue weighted by atomic mass is 15.3. The molecule has 0 aliphatic carbocycles. The van der Waals surface area contributed by atoms with Crippen LogP contribution in [0.2, 0.25) is 0 Å². The minimum atomic E-state index is 0.463. The smallest absolute Gasteiger partial charge is 0.0504 e. The Morgan fingerprint density at radius 1 is 0.905 bits per heavy atom. The van der Waals surface area contributed by atoms with Crippen molar-refractivity contribution in [1.82, 2.24) is 9.80 Å². The van der Waals surface area contributed by atoms with E-state index in [1.165, 1.54) is 11.1 Å². The van der Waals surface area contributed by atoms with Gasteiger partial charge in [0.15, 0.2) is 0 Å². The van der Waals surface area contributed by atoms with Crippen LogP contribution in [-0.4, -0.2) is 36.0 Å². The van der Waals surface area contributed by atoms with Crippen molar-refractivity contribution < 1.29 is 0 Å². The molecule has 1 heterocycles. The largest absolute Gasteiger partial charge is 0.301 e. The molecule has 0 spiro atoms. The summed E-state index contributed by atoms with van der Waals surface area (Å²) in [4.78, 5) is 5.09. The third-order valence-electron chi connectivity index (χ3n) is 4.66. The summed E-state index contributed by atoms with van der Waals surface area (Å²) in [6.45, 7) is 5.63. The van der Waals surface area contributed by atoms with Crippen molar-refractivity contribution in [2.24, 2.45) is 0 Å². The van der Waals surface area contributed by atoms with Gasteiger partial charge in [-0.25, -0.2) is 0 Å². The number of likely N-dealkylation sites (N-methyl/N-ethyl adjacent to an activating group) is 1. The molecule has 2 aromatic carbocycles. The summed E-state index contributed by atoms with van der Waals surface area (Å²) in [5, 5.41) is 0. The van der Waals surface area contributed by atoms with Crippen molar-refractivity contribution in [3.05, 3.63) is 71.8 Å². The Kier molecular flexibility index (Phi) is 4.37. The van der Waals surface area contributed by atoms with Crippen LogP contribution < -0.4 is 0 Å². The molecule has 2 unspecified atom stereocenters. The number of piperazine rings is 1. The first-order chi connectivity index (χ1) is 10.3. The van der Waals surface area contributed by atoms with Gasteiger partial charge in [-0.3, -0.25) is 4.90 Å². The number of benzene rings is 2. The first kappa shape index (κ1) is 14.3.